The summed E-state index contributed by atoms with van der Waals surface area (Å²) in [5.74, 6) is -0.952. The molecule has 3 unspecified atom stereocenters. The minimum absolute atomic E-state index is 0.0699. The van der Waals surface area contributed by atoms with E-state index in [1.807, 2.05) is 0 Å². The van der Waals surface area contributed by atoms with E-state index in [0.717, 1.165) is 19.3 Å². The molecule has 118 valence electrons. The zero-order valence-corrected chi connectivity index (χ0v) is 12.4. The molecule has 0 bridgehead atoms. The molecule has 2 amide bonds. The number of likely N-dealkylation sites (tertiary alicyclic amines) is 1. The smallest absolute Gasteiger partial charge is 0.326 e. The van der Waals surface area contributed by atoms with E-state index < -0.39 is 12.0 Å². The van der Waals surface area contributed by atoms with Crippen molar-refractivity contribution in [1.82, 2.24) is 9.80 Å². The lowest BCUT2D eigenvalue weighted by Gasteiger charge is -2.29. The van der Waals surface area contributed by atoms with Gasteiger partial charge in [-0.15, -0.1) is 0 Å². The molecule has 1 aliphatic carbocycles. The summed E-state index contributed by atoms with van der Waals surface area (Å²) in [7, 11) is 2.88. The van der Waals surface area contributed by atoms with Gasteiger partial charge in [0.05, 0.1) is 13.5 Å². The van der Waals surface area contributed by atoms with Crippen LogP contribution in [0.5, 0.6) is 0 Å². The number of rotatable bonds is 4. The summed E-state index contributed by atoms with van der Waals surface area (Å²) in [4.78, 5) is 37.9. The van der Waals surface area contributed by atoms with Gasteiger partial charge < -0.3 is 19.6 Å². The highest BCUT2D eigenvalue weighted by Gasteiger charge is 2.50. The highest BCUT2D eigenvalue weighted by Crippen LogP contribution is 2.42. The fraction of sp³-hybridized carbons (Fsp3) is 0.786. The molecule has 2 aliphatic rings. The van der Waals surface area contributed by atoms with Crippen molar-refractivity contribution >= 4 is 18.0 Å². The average Bonchev–Trinajstić information content (AvgIpc) is 3.02. The molecule has 0 aromatic carbocycles. The van der Waals surface area contributed by atoms with Gasteiger partial charge in [0.15, 0.2) is 0 Å². The Bertz CT molecular complexity index is 439. The number of urea groups is 1. The summed E-state index contributed by atoms with van der Waals surface area (Å²) in [6.07, 6.45) is 3.01. The summed E-state index contributed by atoms with van der Waals surface area (Å²) in [6, 6.07) is -1.05. The number of aliphatic carboxylic acids is 1. The van der Waals surface area contributed by atoms with Gasteiger partial charge in [-0.05, 0) is 24.7 Å². The quantitative estimate of drug-likeness (QED) is 0.775. The molecule has 0 radical (unpaired) electrons. The van der Waals surface area contributed by atoms with Crippen LogP contribution in [-0.2, 0) is 14.3 Å². The maximum atomic E-state index is 12.4. The van der Waals surface area contributed by atoms with Crippen molar-refractivity contribution in [1.29, 1.82) is 0 Å². The second-order valence-electron chi connectivity index (χ2n) is 5.82. The maximum Gasteiger partial charge on any atom is 0.326 e. The molecular weight excluding hydrogens is 276 g/mol. The van der Waals surface area contributed by atoms with E-state index in [4.69, 9.17) is 0 Å². The van der Waals surface area contributed by atoms with Crippen LogP contribution < -0.4 is 0 Å². The lowest BCUT2D eigenvalue weighted by molar-refractivity contribution is -0.143. The fourth-order valence-electron chi connectivity index (χ4n) is 3.49. The molecule has 1 heterocycles. The number of amides is 2. The minimum atomic E-state index is -0.931. The highest BCUT2D eigenvalue weighted by molar-refractivity contribution is 5.84. The highest BCUT2D eigenvalue weighted by atomic mass is 16.5. The number of carbonyl (C=O) groups is 3. The first-order valence-corrected chi connectivity index (χ1v) is 7.27. The van der Waals surface area contributed by atoms with Gasteiger partial charge in [-0.3, -0.25) is 4.79 Å². The standard InChI is InChI=1S/C14H22N2O5/c1-15(7-6-11(17)21-2)14(20)16-8-9-4-3-5-10(9)12(16)13(18)19/h9-10,12H,3-8H2,1-2H3,(H,18,19). The van der Waals surface area contributed by atoms with Crippen LogP contribution in [0.4, 0.5) is 4.79 Å². The average molecular weight is 298 g/mol. The molecule has 1 N–H and O–H groups in total. The van der Waals surface area contributed by atoms with Crippen molar-refractivity contribution in [3.05, 3.63) is 0 Å². The minimum Gasteiger partial charge on any atom is -0.480 e. The SMILES string of the molecule is COC(=O)CCN(C)C(=O)N1CC2CCCC2C1C(=O)O. The molecule has 21 heavy (non-hydrogen) atoms. The third kappa shape index (κ3) is 3.11. The Labute approximate surface area is 123 Å². The number of nitrogens with zero attached hydrogens (tertiary/aromatic N) is 2. The largest absolute Gasteiger partial charge is 0.480 e. The molecule has 1 saturated carbocycles. The molecule has 2 fully saturated rings. The maximum absolute atomic E-state index is 12.4. The number of hydrogen-bond donors (Lipinski definition) is 1. The molecule has 0 aromatic heterocycles. The van der Waals surface area contributed by atoms with Crippen LogP contribution >= 0.6 is 0 Å². The van der Waals surface area contributed by atoms with Gasteiger partial charge in [-0.2, -0.15) is 0 Å². The van der Waals surface area contributed by atoms with Crippen molar-refractivity contribution in [3.63, 3.8) is 0 Å². The van der Waals surface area contributed by atoms with Crippen LogP contribution in [0.3, 0.4) is 0 Å². The van der Waals surface area contributed by atoms with Gasteiger partial charge in [0.1, 0.15) is 6.04 Å². The summed E-state index contributed by atoms with van der Waals surface area (Å²) < 4.78 is 4.54. The number of hydrogen-bond acceptors (Lipinski definition) is 4. The van der Waals surface area contributed by atoms with E-state index >= 15 is 0 Å². The molecule has 0 spiro atoms. The first-order chi connectivity index (χ1) is 9.95. The number of fused-ring (bicyclic) bond motifs is 1. The van der Waals surface area contributed by atoms with E-state index in [1.165, 1.54) is 16.9 Å². The van der Waals surface area contributed by atoms with E-state index in [1.54, 1.807) is 7.05 Å². The molecule has 1 saturated heterocycles. The van der Waals surface area contributed by atoms with E-state index in [2.05, 4.69) is 4.74 Å². The number of ether oxygens (including phenoxy) is 1. The Hall–Kier alpha value is -1.79. The molecular formula is C14H22N2O5. The van der Waals surface area contributed by atoms with Crippen molar-refractivity contribution in [3.8, 4) is 0 Å². The van der Waals surface area contributed by atoms with E-state index in [9.17, 15) is 19.5 Å². The zero-order chi connectivity index (χ0) is 15.6. The Morgan fingerprint density at radius 1 is 1.33 bits per heavy atom. The molecule has 0 aromatic rings. The molecule has 2 rings (SSSR count). The van der Waals surface area contributed by atoms with Gasteiger partial charge >= 0.3 is 18.0 Å². The summed E-state index contributed by atoms with van der Waals surface area (Å²) in [6.45, 7) is 0.729. The zero-order valence-electron chi connectivity index (χ0n) is 12.4. The second kappa shape index (κ2) is 6.32. The monoisotopic (exact) mass is 298 g/mol. The summed E-state index contributed by atoms with van der Waals surface area (Å²) >= 11 is 0. The van der Waals surface area contributed by atoms with Crippen LogP contribution in [0.1, 0.15) is 25.7 Å². The van der Waals surface area contributed by atoms with Crippen molar-refractivity contribution in [2.45, 2.75) is 31.7 Å². The van der Waals surface area contributed by atoms with Gasteiger partial charge in [0, 0.05) is 20.1 Å². The number of carboxylic acids is 1. The molecule has 7 heteroatoms. The predicted octanol–water partition coefficient (Wildman–Crippen LogP) is 0.786. The molecule has 3 atom stereocenters. The molecule has 1 aliphatic heterocycles. The predicted molar refractivity (Wildman–Crippen MR) is 73.6 cm³/mol. The first-order valence-electron chi connectivity index (χ1n) is 7.27. The second-order valence-corrected chi connectivity index (χ2v) is 5.82. The number of carbonyl (C=O) groups excluding carboxylic acids is 2. The Morgan fingerprint density at radius 3 is 2.67 bits per heavy atom. The third-order valence-corrected chi connectivity index (χ3v) is 4.59. The third-order valence-electron chi connectivity index (χ3n) is 4.59. The summed E-state index contributed by atoms with van der Waals surface area (Å²) in [5, 5.41) is 9.43. The van der Waals surface area contributed by atoms with Gasteiger partial charge in [0.25, 0.3) is 0 Å². The normalized spacial score (nSPS) is 27.3. The number of carboxylic acid groups (broad SMARTS) is 1. The van der Waals surface area contributed by atoms with Crippen molar-refractivity contribution < 1.29 is 24.2 Å². The van der Waals surface area contributed by atoms with Crippen molar-refractivity contribution in [2.75, 3.05) is 27.2 Å². The Kier molecular flexibility index (Phi) is 4.69. The first kappa shape index (κ1) is 15.6. The van der Waals surface area contributed by atoms with Gasteiger partial charge in [-0.25, -0.2) is 9.59 Å². The van der Waals surface area contributed by atoms with Crippen molar-refractivity contribution in [2.24, 2.45) is 11.8 Å². The van der Waals surface area contributed by atoms with Crippen LogP contribution in [0.15, 0.2) is 0 Å². The Morgan fingerprint density at radius 2 is 2.05 bits per heavy atom. The lowest BCUT2D eigenvalue weighted by Crippen LogP contribution is -2.48. The van der Waals surface area contributed by atoms with Crippen LogP contribution in [-0.4, -0.2) is 66.2 Å². The lowest BCUT2D eigenvalue weighted by atomic mass is 9.94. The molecule has 7 nitrogen and oxygen atoms in total. The number of esters is 1. The van der Waals surface area contributed by atoms with E-state index in [0.29, 0.717) is 12.5 Å². The fourth-order valence-corrected chi connectivity index (χ4v) is 3.49. The van der Waals surface area contributed by atoms with Gasteiger partial charge in [0.2, 0.25) is 0 Å². The summed E-state index contributed by atoms with van der Waals surface area (Å²) in [5.41, 5.74) is 0. The van der Waals surface area contributed by atoms with Gasteiger partial charge in [-0.1, -0.05) is 6.42 Å². The number of methoxy groups -OCH3 is 1. The Balaban J connectivity index is 2.00. The van der Waals surface area contributed by atoms with E-state index in [-0.39, 0.29) is 30.9 Å². The van der Waals surface area contributed by atoms with Crippen LogP contribution in [0.2, 0.25) is 0 Å². The van der Waals surface area contributed by atoms with Crippen LogP contribution in [0.25, 0.3) is 0 Å². The van der Waals surface area contributed by atoms with Crippen LogP contribution in [0, 0.1) is 11.8 Å². The topological polar surface area (TPSA) is 87.2 Å².